The Balaban J connectivity index is 2.34. The first-order valence-electron chi connectivity index (χ1n) is 5.49. The second-order valence-electron chi connectivity index (χ2n) is 3.91. The highest BCUT2D eigenvalue weighted by Crippen LogP contribution is 2.21. The van der Waals surface area contributed by atoms with E-state index in [0.717, 1.165) is 10.0 Å². The summed E-state index contributed by atoms with van der Waals surface area (Å²) >= 11 is 3.40. The van der Waals surface area contributed by atoms with Gasteiger partial charge in [0.15, 0.2) is 0 Å². The summed E-state index contributed by atoms with van der Waals surface area (Å²) in [6.45, 7) is 2.01. The number of carbonyl (C=O) groups is 1. The zero-order valence-corrected chi connectivity index (χ0v) is 11.7. The fraction of sp³-hybridized carbons (Fsp3) is 0.231. The van der Waals surface area contributed by atoms with Gasteiger partial charge in [0.05, 0.1) is 25.7 Å². The van der Waals surface area contributed by atoms with E-state index in [1.165, 1.54) is 13.3 Å². The smallest absolute Gasteiger partial charge is 0.356 e. The minimum Gasteiger partial charge on any atom is -0.464 e. The van der Waals surface area contributed by atoms with Gasteiger partial charge >= 0.3 is 5.97 Å². The summed E-state index contributed by atoms with van der Waals surface area (Å²) in [7, 11) is 1.37. The molecule has 1 atom stereocenters. The predicted molar refractivity (Wildman–Crippen MR) is 71.5 cm³/mol. The Morgan fingerprint density at radius 2 is 2.06 bits per heavy atom. The maximum Gasteiger partial charge on any atom is 0.356 e. The van der Waals surface area contributed by atoms with E-state index in [1.807, 2.05) is 31.2 Å². The van der Waals surface area contributed by atoms with Crippen molar-refractivity contribution in [2.24, 2.45) is 0 Å². The Hall–Kier alpha value is -1.62. The van der Waals surface area contributed by atoms with Crippen LogP contribution in [0.4, 0.5) is 0 Å². The number of benzene rings is 1. The maximum atomic E-state index is 11.6. The van der Waals surface area contributed by atoms with E-state index in [9.17, 15) is 4.79 Å². The Morgan fingerprint density at radius 1 is 1.39 bits per heavy atom. The van der Waals surface area contributed by atoms with Gasteiger partial charge in [-0.05, 0) is 24.6 Å². The van der Waals surface area contributed by atoms with Gasteiger partial charge in [-0.2, -0.15) is 0 Å². The summed E-state index contributed by atoms with van der Waals surface area (Å²) in [5.41, 5.74) is 1.55. The van der Waals surface area contributed by atoms with Crippen molar-refractivity contribution in [3.63, 3.8) is 0 Å². The van der Waals surface area contributed by atoms with Gasteiger partial charge < -0.3 is 9.30 Å². The zero-order valence-electron chi connectivity index (χ0n) is 10.1. The lowest BCUT2D eigenvalue weighted by atomic mass is 10.1. The van der Waals surface area contributed by atoms with E-state index < -0.39 is 0 Å². The first-order chi connectivity index (χ1) is 8.63. The van der Waals surface area contributed by atoms with Crippen molar-refractivity contribution < 1.29 is 9.53 Å². The van der Waals surface area contributed by atoms with E-state index in [4.69, 9.17) is 4.74 Å². The molecule has 0 aliphatic carbocycles. The lowest BCUT2D eigenvalue weighted by Gasteiger charge is -2.16. The molecule has 0 saturated heterocycles. The Bertz CT molecular complexity index is 548. The van der Waals surface area contributed by atoms with Crippen LogP contribution < -0.4 is 0 Å². The Morgan fingerprint density at radius 3 is 2.67 bits per heavy atom. The van der Waals surface area contributed by atoms with E-state index in [1.54, 1.807) is 10.9 Å². The Kier molecular flexibility index (Phi) is 3.81. The van der Waals surface area contributed by atoms with Crippen molar-refractivity contribution in [1.29, 1.82) is 0 Å². The zero-order chi connectivity index (χ0) is 13.1. The molecular formula is C13H13BrN2O2. The molecule has 0 fully saturated rings. The standard InChI is InChI=1S/C13H13BrN2O2/c1-9(10-3-5-11(14)6-4-10)16-8-15-7-12(16)13(17)18-2/h3-9H,1-2H3/t9-/m1/s1. The fourth-order valence-electron chi connectivity index (χ4n) is 1.78. The van der Waals surface area contributed by atoms with Crippen LogP contribution in [0.5, 0.6) is 0 Å². The molecule has 0 unspecified atom stereocenters. The molecule has 18 heavy (non-hydrogen) atoms. The molecule has 94 valence electrons. The third kappa shape index (κ3) is 2.46. The minimum absolute atomic E-state index is 0.0229. The van der Waals surface area contributed by atoms with Crippen LogP contribution in [-0.4, -0.2) is 22.6 Å². The second kappa shape index (κ2) is 5.35. The van der Waals surface area contributed by atoms with Gasteiger partial charge in [0, 0.05) is 4.47 Å². The van der Waals surface area contributed by atoms with Crippen molar-refractivity contribution in [3.05, 3.63) is 52.5 Å². The number of aromatic nitrogens is 2. The average Bonchev–Trinajstić information content (AvgIpc) is 2.87. The lowest BCUT2D eigenvalue weighted by molar-refractivity contribution is 0.0587. The molecule has 0 radical (unpaired) electrons. The van der Waals surface area contributed by atoms with E-state index in [0.29, 0.717) is 5.69 Å². The molecule has 1 heterocycles. The van der Waals surface area contributed by atoms with E-state index >= 15 is 0 Å². The van der Waals surface area contributed by atoms with Gasteiger partial charge in [-0.15, -0.1) is 0 Å². The maximum absolute atomic E-state index is 11.6. The molecule has 1 aromatic heterocycles. The number of nitrogens with zero attached hydrogens (tertiary/aromatic N) is 2. The number of hydrogen-bond donors (Lipinski definition) is 0. The molecule has 2 aromatic rings. The highest BCUT2D eigenvalue weighted by Gasteiger charge is 2.17. The van der Waals surface area contributed by atoms with Crippen LogP contribution in [-0.2, 0) is 4.74 Å². The van der Waals surface area contributed by atoms with Gasteiger partial charge in [-0.3, -0.25) is 0 Å². The number of rotatable bonds is 3. The second-order valence-corrected chi connectivity index (χ2v) is 4.82. The number of ether oxygens (including phenoxy) is 1. The SMILES string of the molecule is COC(=O)c1cncn1[C@H](C)c1ccc(Br)cc1. The van der Waals surface area contributed by atoms with Crippen LogP contribution in [0.15, 0.2) is 41.3 Å². The first kappa shape index (κ1) is 12.8. The third-order valence-electron chi connectivity index (χ3n) is 2.83. The van der Waals surface area contributed by atoms with Crippen molar-refractivity contribution in [2.45, 2.75) is 13.0 Å². The number of hydrogen-bond acceptors (Lipinski definition) is 3. The van der Waals surface area contributed by atoms with Gasteiger partial charge in [0.2, 0.25) is 0 Å². The molecule has 0 amide bonds. The van der Waals surface area contributed by atoms with Gasteiger partial charge in [-0.25, -0.2) is 9.78 Å². The summed E-state index contributed by atoms with van der Waals surface area (Å²) in [4.78, 5) is 15.6. The number of methoxy groups -OCH3 is 1. The van der Waals surface area contributed by atoms with Gasteiger partial charge in [-0.1, -0.05) is 28.1 Å². The summed E-state index contributed by atoms with van der Waals surface area (Å²) in [6.07, 6.45) is 3.15. The topological polar surface area (TPSA) is 44.1 Å². The minimum atomic E-state index is -0.378. The van der Waals surface area contributed by atoms with E-state index in [-0.39, 0.29) is 12.0 Å². The van der Waals surface area contributed by atoms with Crippen molar-refractivity contribution in [1.82, 2.24) is 9.55 Å². The van der Waals surface area contributed by atoms with Crippen LogP contribution in [0.2, 0.25) is 0 Å². The number of carbonyl (C=O) groups excluding carboxylic acids is 1. The molecule has 0 bridgehead atoms. The normalized spacial score (nSPS) is 12.2. The summed E-state index contributed by atoms with van der Waals surface area (Å²) in [5, 5.41) is 0. The molecule has 0 saturated carbocycles. The lowest BCUT2D eigenvalue weighted by Crippen LogP contribution is -2.14. The fourth-order valence-corrected chi connectivity index (χ4v) is 2.04. The van der Waals surface area contributed by atoms with Crippen LogP contribution in [0.25, 0.3) is 0 Å². The molecule has 0 N–H and O–H groups in total. The van der Waals surface area contributed by atoms with Crippen LogP contribution in [0.1, 0.15) is 29.0 Å². The molecule has 0 spiro atoms. The highest BCUT2D eigenvalue weighted by molar-refractivity contribution is 9.10. The van der Waals surface area contributed by atoms with Gasteiger partial charge in [0.1, 0.15) is 5.69 Å². The largest absolute Gasteiger partial charge is 0.464 e. The molecular weight excluding hydrogens is 296 g/mol. The monoisotopic (exact) mass is 308 g/mol. The molecule has 4 nitrogen and oxygen atoms in total. The quantitative estimate of drug-likeness (QED) is 0.819. The molecule has 1 aromatic carbocycles. The molecule has 0 aliphatic rings. The van der Waals surface area contributed by atoms with Crippen LogP contribution in [0, 0.1) is 0 Å². The van der Waals surface area contributed by atoms with Crippen LogP contribution >= 0.6 is 15.9 Å². The summed E-state index contributed by atoms with van der Waals surface area (Å²) < 4.78 is 7.56. The molecule has 0 aliphatic heterocycles. The highest BCUT2D eigenvalue weighted by atomic mass is 79.9. The van der Waals surface area contributed by atoms with Crippen molar-refractivity contribution >= 4 is 21.9 Å². The number of imidazole rings is 1. The first-order valence-corrected chi connectivity index (χ1v) is 6.28. The van der Waals surface area contributed by atoms with E-state index in [2.05, 4.69) is 20.9 Å². The number of halogens is 1. The van der Waals surface area contributed by atoms with Gasteiger partial charge in [0.25, 0.3) is 0 Å². The van der Waals surface area contributed by atoms with Crippen LogP contribution in [0.3, 0.4) is 0 Å². The predicted octanol–water partition coefficient (Wildman–Crippen LogP) is 3.04. The average molecular weight is 309 g/mol. The molecule has 2 rings (SSSR count). The van der Waals surface area contributed by atoms with Crippen molar-refractivity contribution in [2.75, 3.05) is 7.11 Å². The summed E-state index contributed by atoms with van der Waals surface area (Å²) in [6, 6.07) is 7.99. The number of esters is 1. The third-order valence-corrected chi connectivity index (χ3v) is 3.36. The summed E-state index contributed by atoms with van der Waals surface area (Å²) in [5.74, 6) is -0.378. The van der Waals surface area contributed by atoms with Crippen molar-refractivity contribution in [3.8, 4) is 0 Å². The molecule has 5 heteroatoms. The Labute approximate surface area is 114 Å².